The van der Waals surface area contributed by atoms with Crippen molar-refractivity contribution in [2.45, 2.75) is 20.0 Å². The lowest BCUT2D eigenvalue weighted by molar-refractivity contribution is -0.132. The van der Waals surface area contributed by atoms with Crippen molar-refractivity contribution in [2.24, 2.45) is 0 Å². The first-order valence-electron chi connectivity index (χ1n) is 5.65. The van der Waals surface area contributed by atoms with Crippen molar-refractivity contribution in [3.05, 3.63) is 46.9 Å². The third kappa shape index (κ3) is 1.84. The third-order valence-corrected chi connectivity index (χ3v) is 2.89. The minimum atomic E-state index is -1.09. The van der Waals surface area contributed by atoms with Crippen LogP contribution in [0.15, 0.2) is 41.2 Å². The van der Waals surface area contributed by atoms with Crippen molar-refractivity contribution < 1.29 is 9.90 Å². The zero-order valence-electron chi connectivity index (χ0n) is 10.1. The smallest absolute Gasteiger partial charge is 0.332 e. The molecule has 0 aliphatic heterocycles. The van der Waals surface area contributed by atoms with Gasteiger partial charge in [0.2, 0.25) is 0 Å². The molecule has 1 aromatic carbocycles. The number of hydrogen-bond donors (Lipinski definition) is 1. The van der Waals surface area contributed by atoms with Gasteiger partial charge in [-0.3, -0.25) is 9.13 Å². The highest BCUT2D eigenvalue weighted by Gasteiger charge is 2.14. The molecule has 1 N–H and O–H groups in total. The quantitative estimate of drug-likeness (QED) is 0.831. The standard InChI is InChI=1S/C13H14N2O3/c1-3-14-10-6-4-5-7-11(10)15(13(14)18)8-9(2)12(16)17/h4-7H,2-3,8H2,1H3,(H,16,17). The van der Waals surface area contributed by atoms with Gasteiger partial charge in [0.25, 0.3) is 0 Å². The number of carbonyl (C=O) groups is 1. The van der Waals surface area contributed by atoms with Gasteiger partial charge in [-0.05, 0) is 19.1 Å². The minimum absolute atomic E-state index is 0.00167. The van der Waals surface area contributed by atoms with Crippen molar-refractivity contribution in [1.29, 1.82) is 0 Å². The maximum atomic E-state index is 12.2. The Balaban J connectivity index is 2.64. The summed E-state index contributed by atoms with van der Waals surface area (Å²) >= 11 is 0. The van der Waals surface area contributed by atoms with E-state index in [0.29, 0.717) is 6.54 Å². The molecule has 0 bridgehead atoms. The number of aromatic nitrogens is 2. The Labute approximate surface area is 104 Å². The molecule has 1 heterocycles. The fourth-order valence-electron chi connectivity index (χ4n) is 1.99. The second kappa shape index (κ2) is 4.52. The molecule has 0 atom stereocenters. The summed E-state index contributed by atoms with van der Waals surface area (Å²) in [7, 11) is 0. The molecule has 5 heteroatoms. The van der Waals surface area contributed by atoms with E-state index in [-0.39, 0.29) is 17.8 Å². The van der Waals surface area contributed by atoms with Gasteiger partial charge in [0.1, 0.15) is 0 Å². The van der Waals surface area contributed by atoms with Gasteiger partial charge in [-0.15, -0.1) is 0 Å². The second-order valence-corrected chi connectivity index (χ2v) is 4.01. The van der Waals surface area contributed by atoms with E-state index < -0.39 is 5.97 Å². The van der Waals surface area contributed by atoms with Crippen LogP contribution in [0.3, 0.4) is 0 Å². The molecule has 0 radical (unpaired) electrons. The maximum Gasteiger partial charge on any atom is 0.332 e. The number of carboxylic acids is 1. The highest BCUT2D eigenvalue weighted by atomic mass is 16.4. The number of benzene rings is 1. The fraction of sp³-hybridized carbons (Fsp3) is 0.231. The first kappa shape index (κ1) is 12.2. The molecule has 0 fully saturated rings. The first-order valence-corrected chi connectivity index (χ1v) is 5.65. The fourth-order valence-corrected chi connectivity index (χ4v) is 1.99. The number of aliphatic carboxylic acids is 1. The van der Waals surface area contributed by atoms with Crippen molar-refractivity contribution in [3.63, 3.8) is 0 Å². The lowest BCUT2D eigenvalue weighted by Gasteiger charge is -2.02. The number of para-hydroxylation sites is 2. The summed E-state index contributed by atoms with van der Waals surface area (Å²) in [5.74, 6) is -1.09. The van der Waals surface area contributed by atoms with Gasteiger partial charge in [-0.1, -0.05) is 18.7 Å². The lowest BCUT2D eigenvalue weighted by Crippen LogP contribution is -2.25. The van der Waals surface area contributed by atoms with E-state index in [4.69, 9.17) is 5.11 Å². The molecule has 18 heavy (non-hydrogen) atoms. The Hall–Kier alpha value is -2.30. The summed E-state index contributed by atoms with van der Waals surface area (Å²) in [6.07, 6.45) is 0. The number of aryl methyl sites for hydroxylation is 1. The SMILES string of the molecule is C=C(Cn1c(=O)n(CC)c2ccccc21)C(=O)O. The monoisotopic (exact) mass is 246 g/mol. The van der Waals surface area contributed by atoms with Crippen LogP contribution in [0.4, 0.5) is 0 Å². The highest BCUT2D eigenvalue weighted by molar-refractivity contribution is 5.86. The van der Waals surface area contributed by atoms with E-state index in [2.05, 4.69) is 6.58 Å². The number of rotatable bonds is 4. The zero-order valence-corrected chi connectivity index (χ0v) is 10.1. The van der Waals surface area contributed by atoms with Gasteiger partial charge in [-0.25, -0.2) is 9.59 Å². The van der Waals surface area contributed by atoms with Crippen LogP contribution in [0, 0.1) is 0 Å². The summed E-state index contributed by atoms with van der Waals surface area (Å²) in [6, 6.07) is 7.32. The number of fused-ring (bicyclic) bond motifs is 1. The average Bonchev–Trinajstić information content (AvgIpc) is 2.62. The molecule has 0 aliphatic rings. The number of hydrogen-bond acceptors (Lipinski definition) is 2. The number of imidazole rings is 1. The highest BCUT2D eigenvalue weighted by Crippen LogP contribution is 2.13. The van der Waals surface area contributed by atoms with Gasteiger partial charge in [0.15, 0.2) is 0 Å². The van der Waals surface area contributed by atoms with Crippen LogP contribution in [0.2, 0.25) is 0 Å². The molecule has 0 unspecified atom stereocenters. The molecule has 2 rings (SSSR count). The molecular weight excluding hydrogens is 232 g/mol. The zero-order chi connectivity index (χ0) is 13.3. The van der Waals surface area contributed by atoms with E-state index in [0.717, 1.165) is 11.0 Å². The molecule has 0 saturated carbocycles. The van der Waals surface area contributed by atoms with Gasteiger partial charge in [0, 0.05) is 12.1 Å². The topological polar surface area (TPSA) is 64.2 Å². The molecule has 0 spiro atoms. The predicted octanol–water partition coefficient (Wildman–Crippen LogP) is 1.46. The number of nitrogens with zero attached hydrogens (tertiary/aromatic N) is 2. The van der Waals surface area contributed by atoms with Gasteiger partial charge in [-0.2, -0.15) is 0 Å². The van der Waals surface area contributed by atoms with Crippen LogP contribution in [0.25, 0.3) is 11.0 Å². The molecule has 2 aromatic rings. The van der Waals surface area contributed by atoms with E-state index in [1.165, 1.54) is 4.57 Å². The Morgan fingerprint density at radius 3 is 2.33 bits per heavy atom. The third-order valence-electron chi connectivity index (χ3n) is 2.89. The van der Waals surface area contributed by atoms with Crippen LogP contribution in [0.5, 0.6) is 0 Å². The molecule has 94 valence electrons. The van der Waals surface area contributed by atoms with Gasteiger partial charge in [0.05, 0.1) is 17.6 Å². The normalized spacial score (nSPS) is 10.7. The van der Waals surface area contributed by atoms with Crippen molar-refractivity contribution in [1.82, 2.24) is 9.13 Å². The Morgan fingerprint density at radius 1 is 1.28 bits per heavy atom. The van der Waals surface area contributed by atoms with E-state index >= 15 is 0 Å². The largest absolute Gasteiger partial charge is 0.478 e. The Morgan fingerprint density at radius 2 is 1.83 bits per heavy atom. The molecule has 0 saturated heterocycles. The minimum Gasteiger partial charge on any atom is -0.478 e. The van der Waals surface area contributed by atoms with E-state index in [1.807, 2.05) is 25.1 Å². The maximum absolute atomic E-state index is 12.2. The second-order valence-electron chi connectivity index (χ2n) is 4.01. The number of carboxylic acid groups (broad SMARTS) is 1. The summed E-state index contributed by atoms with van der Waals surface area (Å²) in [5.41, 5.74) is 1.33. The van der Waals surface area contributed by atoms with Crippen LogP contribution in [-0.4, -0.2) is 20.2 Å². The van der Waals surface area contributed by atoms with Crippen LogP contribution in [0.1, 0.15) is 6.92 Å². The summed E-state index contributed by atoms with van der Waals surface area (Å²) in [6.45, 7) is 5.89. The average molecular weight is 246 g/mol. The Kier molecular flexibility index (Phi) is 3.06. The van der Waals surface area contributed by atoms with Gasteiger partial charge < -0.3 is 5.11 Å². The molecule has 1 aromatic heterocycles. The van der Waals surface area contributed by atoms with E-state index in [9.17, 15) is 9.59 Å². The Bertz CT molecular complexity index is 679. The van der Waals surface area contributed by atoms with Crippen LogP contribution < -0.4 is 5.69 Å². The summed E-state index contributed by atoms with van der Waals surface area (Å²) in [5, 5.41) is 8.85. The van der Waals surface area contributed by atoms with Crippen LogP contribution in [-0.2, 0) is 17.9 Å². The van der Waals surface area contributed by atoms with Crippen molar-refractivity contribution in [2.75, 3.05) is 0 Å². The van der Waals surface area contributed by atoms with Crippen molar-refractivity contribution >= 4 is 17.0 Å². The van der Waals surface area contributed by atoms with Crippen molar-refractivity contribution in [3.8, 4) is 0 Å². The first-order chi connectivity index (χ1) is 8.56. The van der Waals surface area contributed by atoms with Gasteiger partial charge >= 0.3 is 11.7 Å². The lowest BCUT2D eigenvalue weighted by atomic mass is 10.3. The van der Waals surface area contributed by atoms with Crippen LogP contribution >= 0.6 is 0 Å². The molecular formula is C13H14N2O3. The predicted molar refractivity (Wildman–Crippen MR) is 68.6 cm³/mol. The summed E-state index contributed by atoms with van der Waals surface area (Å²) in [4.78, 5) is 23.0. The molecule has 0 aliphatic carbocycles. The molecule has 5 nitrogen and oxygen atoms in total. The molecule has 0 amide bonds. The van der Waals surface area contributed by atoms with E-state index in [1.54, 1.807) is 10.6 Å². The summed E-state index contributed by atoms with van der Waals surface area (Å²) < 4.78 is 3.06.